The minimum atomic E-state index is -2.87. The molecule has 0 fully saturated rings. The van der Waals surface area contributed by atoms with Crippen LogP contribution in [0.5, 0.6) is 11.5 Å². The summed E-state index contributed by atoms with van der Waals surface area (Å²) in [5.41, 5.74) is -4.35. The molecule has 0 radical (unpaired) electrons. The number of aromatic hydroxyl groups is 1. The van der Waals surface area contributed by atoms with Gasteiger partial charge in [0.2, 0.25) is 11.5 Å². The minimum absolute atomic E-state index is 1.09. The summed E-state index contributed by atoms with van der Waals surface area (Å²) >= 11 is -2.87. The Morgan fingerprint density at radius 3 is 1.92 bits per heavy atom. The second kappa shape index (κ2) is 3.07. The van der Waals surface area contributed by atoms with Gasteiger partial charge in [-0.3, -0.25) is 18.9 Å². The highest BCUT2D eigenvalue weighted by atomic mass is 32.2. The summed E-state index contributed by atoms with van der Waals surface area (Å²) in [6.07, 6.45) is 0. The van der Waals surface area contributed by atoms with Gasteiger partial charge in [-0.2, -0.15) is 4.21 Å². The average Bonchev–Trinajstić information content (AvgIpc) is 2.22. The van der Waals surface area contributed by atoms with Crippen LogP contribution in [0.25, 0.3) is 0 Å². The predicted octanol–water partition coefficient (Wildman–Crippen LogP) is -2.14. The lowest BCUT2D eigenvalue weighted by Gasteiger charge is -1.93. The molecule has 1 unspecified atom stereocenters. The van der Waals surface area contributed by atoms with Crippen molar-refractivity contribution in [1.29, 1.82) is 0 Å². The van der Waals surface area contributed by atoms with Gasteiger partial charge in [-0.15, -0.1) is 0 Å². The zero-order valence-electron chi connectivity index (χ0n) is 5.84. The van der Waals surface area contributed by atoms with Crippen LogP contribution < -0.4 is 20.5 Å². The summed E-state index contributed by atoms with van der Waals surface area (Å²) in [4.78, 5) is 31.8. The number of hydrogen-bond donors (Lipinski definition) is 2. The number of rotatable bonds is 2. The molecule has 0 amide bonds. The van der Waals surface area contributed by atoms with Crippen LogP contribution in [0.2, 0.25) is 0 Å². The largest absolute Gasteiger partial charge is 0.501 e. The topological polar surface area (TPSA) is 118 Å². The molecule has 0 aliphatic carbocycles. The van der Waals surface area contributed by atoms with Gasteiger partial charge < -0.3 is 9.29 Å². The molecule has 7 nitrogen and oxygen atoms in total. The van der Waals surface area contributed by atoms with Gasteiger partial charge in [0.05, 0.1) is 0 Å². The van der Waals surface area contributed by atoms with Crippen molar-refractivity contribution in [2.45, 2.75) is 0 Å². The van der Waals surface area contributed by atoms with Crippen LogP contribution in [-0.4, -0.2) is 13.9 Å². The van der Waals surface area contributed by atoms with Gasteiger partial charge in [-0.25, -0.2) is 0 Å². The van der Waals surface area contributed by atoms with Gasteiger partial charge >= 0.3 is 11.4 Å². The van der Waals surface area contributed by atoms with Crippen molar-refractivity contribution in [3.63, 3.8) is 0 Å². The Kier molecular flexibility index (Phi) is 2.26. The lowest BCUT2D eigenvalue weighted by Crippen LogP contribution is -2.29. The van der Waals surface area contributed by atoms with Crippen LogP contribution in [0, 0.1) is 0 Å². The van der Waals surface area contributed by atoms with E-state index in [1.807, 2.05) is 0 Å². The van der Waals surface area contributed by atoms with E-state index in [4.69, 9.17) is 9.66 Å². The van der Waals surface area contributed by atoms with E-state index in [-0.39, 0.29) is 0 Å². The van der Waals surface area contributed by atoms with Crippen LogP contribution in [0.4, 0.5) is 0 Å². The molecule has 0 aliphatic rings. The van der Waals surface area contributed by atoms with E-state index < -0.39 is 39.1 Å². The van der Waals surface area contributed by atoms with E-state index in [1.165, 1.54) is 0 Å². The van der Waals surface area contributed by atoms with Gasteiger partial charge in [0.25, 0.3) is 16.3 Å². The standard InChI is InChI=1S/C5H2O7S/c6-1-2(7)4(9)5(3(1)8)12-13(10)11/h8H,(H,10,11). The van der Waals surface area contributed by atoms with Crippen LogP contribution in [0.1, 0.15) is 0 Å². The molecular formula is C5H2O7S. The Morgan fingerprint density at radius 1 is 1.08 bits per heavy atom. The van der Waals surface area contributed by atoms with Gasteiger partial charge in [0.1, 0.15) is 0 Å². The predicted molar refractivity (Wildman–Crippen MR) is 40.7 cm³/mol. The van der Waals surface area contributed by atoms with Crippen molar-refractivity contribution in [2.75, 3.05) is 0 Å². The molecule has 1 rings (SSSR count). The molecule has 2 N–H and O–H groups in total. The molecular weight excluding hydrogens is 204 g/mol. The minimum Gasteiger partial charge on any atom is -0.501 e. The zero-order chi connectivity index (χ0) is 10.2. The Hall–Kier alpha value is -1.54. The van der Waals surface area contributed by atoms with Crippen LogP contribution in [0.3, 0.4) is 0 Å². The molecule has 0 aliphatic heterocycles. The molecule has 1 aromatic carbocycles. The maximum Gasteiger partial charge on any atom is 0.357 e. The summed E-state index contributed by atoms with van der Waals surface area (Å²) < 4.78 is 22.0. The first-order valence-electron chi connectivity index (χ1n) is 2.81. The third kappa shape index (κ3) is 1.48. The van der Waals surface area contributed by atoms with Crippen LogP contribution in [0.15, 0.2) is 14.4 Å². The molecule has 13 heavy (non-hydrogen) atoms. The van der Waals surface area contributed by atoms with Crippen molar-refractivity contribution in [1.82, 2.24) is 0 Å². The van der Waals surface area contributed by atoms with Crippen molar-refractivity contribution in [3.8, 4) is 11.5 Å². The molecule has 0 aromatic heterocycles. The normalized spacial score (nSPS) is 12.7. The van der Waals surface area contributed by atoms with Gasteiger partial charge in [-0.05, 0) is 0 Å². The Bertz CT molecular complexity index is 494. The maximum atomic E-state index is 10.7. The van der Waals surface area contributed by atoms with Crippen LogP contribution >= 0.6 is 0 Å². The van der Waals surface area contributed by atoms with E-state index in [0.29, 0.717) is 0 Å². The molecule has 0 bridgehead atoms. The fourth-order valence-corrected chi connectivity index (χ4v) is 0.970. The average molecular weight is 206 g/mol. The summed E-state index contributed by atoms with van der Waals surface area (Å²) in [6.45, 7) is 0. The molecule has 1 aromatic rings. The third-order valence-electron chi connectivity index (χ3n) is 1.20. The van der Waals surface area contributed by atoms with Crippen molar-refractivity contribution in [2.24, 2.45) is 0 Å². The summed E-state index contributed by atoms with van der Waals surface area (Å²) in [6, 6.07) is 0. The van der Waals surface area contributed by atoms with E-state index >= 15 is 0 Å². The Morgan fingerprint density at radius 2 is 1.62 bits per heavy atom. The summed E-state index contributed by atoms with van der Waals surface area (Å²) in [5.74, 6) is -2.33. The third-order valence-corrected chi connectivity index (χ3v) is 1.51. The van der Waals surface area contributed by atoms with Gasteiger partial charge in [0, 0.05) is 0 Å². The van der Waals surface area contributed by atoms with E-state index in [0.717, 1.165) is 0 Å². The Labute approximate surface area is 72.4 Å². The SMILES string of the molecule is O=c1c(O)c(OS(=O)O)c(=O)c1=O. The highest BCUT2D eigenvalue weighted by molar-refractivity contribution is 7.74. The van der Waals surface area contributed by atoms with Crippen molar-refractivity contribution >= 4 is 11.4 Å². The highest BCUT2D eigenvalue weighted by Gasteiger charge is 2.22. The summed E-state index contributed by atoms with van der Waals surface area (Å²) in [7, 11) is 0. The first-order chi connectivity index (χ1) is 5.95. The first kappa shape index (κ1) is 9.55. The molecule has 0 saturated carbocycles. The van der Waals surface area contributed by atoms with Gasteiger partial charge in [0.15, 0.2) is 0 Å². The fourth-order valence-electron chi connectivity index (χ4n) is 0.673. The second-order valence-corrected chi connectivity index (χ2v) is 2.57. The Balaban J connectivity index is 3.48. The smallest absolute Gasteiger partial charge is 0.357 e. The fraction of sp³-hybridized carbons (Fsp3) is 0. The lowest BCUT2D eigenvalue weighted by molar-refractivity contribution is 0.416. The first-order valence-corrected chi connectivity index (χ1v) is 3.84. The molecule has 70 valence electrons. The lowest BCUT2D eigenvalue weighted by atomic mass is 10.5. The van der Waals surface area contributed by atoms with Crippen molar-refractivity contribution < 1.29 is 18.1 Å². The zero-order valence-corrected chi connectivity index (χ0v) is 6.66. The van der Waals surface area contributed by atoms with Gasteiger partial charge in [-0.1, -0.05) is 0 Å². The highest BCUT2D eigenvalue weighted by Crippen LogP contribution is 2.14. The summed E-state index contributed by atoms with van der Waals surface area (Å²) in [5, 5.41) is 8.77. The molecule has 8 heteroatoms. The van der Waals surface area contributed by atoms with Crippen molar-refractivity contribution in [3.05, 3.63) is 30.7 Å². The molecule has 0 spiro atoms. The monoisotopic (exact) mass is 206 g/mol. The number of hydrogen-bond acceptors (Lipinski definition) is 6. The van der Waals surface area contributed by atoms with E-state index in [9.17, 15) is 18.6 Å². The quantitative estimate of drug-likeness (QED) is 0.418. The molecule has 0 saturated heterocycles. The second-order valence-electron chi connectivity index (χ2n) is 1.97. The molecule has 0 heterocycles. The molecule has 1 atom stereocenters. The maximum absolute atomic E-state index is 10.7. The van der Waals surface area contributed by atoms with E-state index in [1.54, 1.807) is 0 Å². The van der Waals surface area contributed by atoms with E-state index in [2.05, 4.69) is 4.18 Å². The van der Waals surface area contributed by atoms with Crippen LogP contribution in [-0.2, 0) is 11.4 Å².